The number of nitrogens with zero attached hydrogens (tertiary/aromatic N) is 2. The summed E-state index contributed by atoms with van der Waals surface area (Å²) < 4.78 is 12.8. The van der Waals surface area contributed by atoms with Gasteiger partial charge in [-0.25, -0.2) is 14.4 Å². The van der Waals surface area contributed by atoms with Crippen LogP contribution in [-0.2, 0) is 0 Å². The van der Waals surface area contributed by atoms with Gasteiger partial charge < -0.3 is 10.6 Å². The van der Waals surface area contributed by atoms with Crippen LogP contribution in [0.2, 0.25) is 0 Å². The SMILES string of the molecule is O=C(Nc1ccc(F)cc1)c1cnc(NC2CCCCC2)nc1. The number of amides is 1. The van der Waals surface area contributed by atoms with E-state index >= 15 is 0 Å². The van der Waals surface area contributed by atoms with Crippen molar-refractivity contribution < 1.29 is 9.18 Å². The van der Waals surface area contributed by atoms with Crippen molar-refractivity contribution in [1.29, 1.82) is 0 Å². The first kappa shape index (κ1) is 15.4. The van der Waals surface area contributed by atoms with Crippen LogP contribution in [0.1, 0.15) is 42.5 Å². The zero-order valence-electron chi connectivity index (χ0n) is 12.8. The highest BCUT2D eigenvalue weighted by Crippen LogP contribution is 2.20. The molecule has 1 aromatic carbocycles. The lowest BCUT2D eigenvalue weighted by molar-refractivity contribution is 0.102. The van der Waals surface area contributed by atoms with E-state index in [0.717, 1.165) is 12.8 Å². The molecule has 2 N–H and O–H groups in total. The largest absolute Gasteiger partial charge is 0.351 e. The lowest BCUT2D eigenvalue weighted by Gasteiger charge is -2.22. The molecule has 1 aliphatic carbocycles. The second kappa shape index (κ2) is 7.17. The predicted octanol–water partition coefficient (Wildman–Crippen LogP) is 3.61. The van der Waals surface area contributed by atoms with Gasteiger partial charge in [0.2, 0.25) is 5.95 Å². The average Bonchev–Trinajstić information content (AvgIpc) is 2.58. The summed E-state index contributed by atoms with van der Waals surface area (Å²) >= 11 is 0. The van der Waals surface area contributed by atoms with Crippen molar-refractivity contribution in [2.75, 3.05) is 10.6 Å². The third kappa shape index (κ3) is 4.25. The van der Waals surface area contributed by atoms with E-state index in [4.69, 9.17) is 0 Å². The van der Waals surface area contributed by atoms with Crippen LogP contribution < -0.4 is 10.6 Å². The van der Waals surface area contributed by atoms with Gasteiger partial charge in [0.15, 0.2) is 0 Å². The van der Waals surface area contributed by atoms with E-state index < -0.39 is 0 Å². The third-order valence-corrected chi connectivity index (χ3v) is 3.95. The van der Waals surface area contributed by atoms with Crippen molar-refractivity contribution >= 4 is 17.5 Å². The maximum atomic E-state index is 12.8. The molecule has 1 saturated carbocycles. The van der Waals surface area contributed by atoms with Gasteiger partial charge in [0.25, 0.3) is 5.91 Å². The molecule has 1 fully saturated rings. The van der Waals surface area contributed by atoms with E-state index in [0.29, 0.717) is 23.2 Å². The molecule has 0 radical (unpaired) electrons. The second-order valence-electron chi connectivity index (χ2n) is 5.74. The van der Waals surface area contributed by atoms with E-state index in [1.807, 2.05) is 0 Å². The standard InChI is InChI=1S/C17H19FN4O/c18-13-6-8-15(9-7-13)21-16(23)12-10-19-17(20-11-12)22-14-4-2-1-3-5-14/h6-11,14H,1-5H2,(H,21,23)(H,19,20,22). The molecular formula is C17H19FN4O. The number of halogens is 1. The lowest BCUT2D eigenvalue weighted by Crippen LogP contribution is -2.23. The molecular weight excluding hydrogens is 295 g/mol. The number of hydrogen-bond acceptors (Lipinski definition) is 4. The molecule has 1 amide bonds. The van der Waals surface area contributed by atoms with Crippen molar-refractivity contribution in [1.82, 2.24) is 9.97 Å². The fraction of sp³-hybridized carbons (Fsp3) is 0.353. The van der Waals surface area contributed by atoms with Crippen molar-refractivity contribution in [3.8, 4) is 0 Å². The summed E-state index contributed by atoms with van der Waals surface area (Å²) in [5.41, 5.74) is 0.893. The van der Waals surface area contributed by atoms with Gasteiger partial charge in [-0.05, 0) is 37.1 Å². The van der Waals surface area contributed by atoms with Crippen LogP contribution in [0.3, 0.4) is 0 Å². The van der Waals surface area contributed by atoms with E-state index in [-0.39, 0.29) is 11.7 Å². The molecule has 3 rings (SSSR count). The predicted molar refractivity (Wildman–Crippen MR) is 86.9 cm³/mol. The second-order valence-corrected chi connectivity index (χ2v) is 5.74. The average molecular weight is 314 g/mol. The highest BCUT2D eigenvalue weighted by Gasteiger charge is 2.14. The minimum Gasteiger partial charge on any atom is -0.351 e. The minimum atomic E-state index is -0.343. The molecule has 1 aromatic heterocycles. The summed E-state index contributed by atoms with van der Waals surface area (Å²) in [6.45, 7) is 0. The lowest BCUT2D eigenvalue weighted by atomic mass is 9.96. The number of benzene rings is 1. The van der Waals surface area contributed by atoms with Crippen molar-refractivity contribution in [3.05, 3.63) is 48.0 Å². The molecule has 0 aliphatic heterocycles. The molecule has 0 spiro atoms. The Kier molecular flexibility index (Phi) is 4.80. The van der Waals surface area contributed by atoms with Gasteiger partial charge in [-0.3, -0.25) is 4.79 Å². The van der Waals surface area contributed by atoms with Crippen LogP contribution in [0, 0.1) is 5.82 Å². The first-order valence-electron chi connectivity index (χ1n) is 7.86. The molecule has 23 heavy (non-hydrogen) atoms. The van der Waals surface area contributed by atoms with Crippen molar-refractivity contribution in [2.45, 2.75) is 38.1 Å². The molecule has 0 unspecified atom stereocenters. The summed E-state index contributed by atoms with van der Waals surface area (Å²) in [7, 11) is 0. The van der Waals surface area contributed by atoms with Gasteiger partial charge >= 0.3 is 0 Å². The third-order valence-electron chi connectivity index (χ3n) is 3.95. The summed E-state index contributed by atoms with van der Waals surface area (Å²) in [6, 6.07) is 6.02. The van der Waals surface area contributed by atoms with Gasteiger partial charge in [-0.2, -0.15) is 0 Å². The normalized spacial score (nSPS) is 15.2. The van der Waals surface area contributed by atoms with Crippen LogP contribution in [0.4, 0.5) is 16.0 Å². The first-order valence-corrected chi connectivity index (χ1v) is 7.86. The maximum Gasteiger partial charge on any atom is 0.258 e. The number of carbonyl (C=O) groups is 1. The van der Waals surface area contributed by atoms with Gasteiger partial charge in [0.05, 0.1) is 5.56 Å². The first-order chi connectivity index (χ1) is 11.2. The number of carbonyl (C=O) groups excluding carboxylic acids is 1. The highest BCUT2D eigenvalue weighted by molar-refractivity contribution is 6.03. The summed E-state index contributed by atoms with van der Waals surface area (Å²) in [4.78, 5) is 20.5. The number of anilines is 2. The fourth-order valence-electron chi connectivity index (χ4n) is 2.69. The molecule has 0 saturated heterocycles. The number of nitrogens with one attached hydrogen (secondary N) is 2. The Balaban J connectivity index is 1.59. The zero-order chi connectivity index (χ0) is 16.1. The monoisotopic (exact) mass is 314 g/mol. The van der Waals surface area contributed by atoms with Gasteiger partial charge in [-0.1, -0.05) is 19.3 Å². The maximum absolute atomic E-state index is 12.8. The Morgan fingerprint density at radius 3 is 2.35 bits per heavy atom. The minimum absolute atomic E-state index is 0.319. The topological polar surface area (TPSA) is 66.9 Å². The van der Waals surface area contributed by atoms with Crippen LogP contribution >= 0.6 is 0 Å². The Morgan fingerprint density at radius 1 is 1.04 bits per heavy atom. The molecule has 0 atom stereocenters. The fourth-order valence-corrected chi connectivity index (χ4v) is 2.69. The van der Waals surface area contributed by atoms with Crippen LogP contribution in [0.15, 0.2) is 36.7 Å². The quantitative estimate of drug-likeness (QED) is 0.904. The van der Waals surface area contributed by atoms with E-state index in [2.05, 4.69) is 20.6 Å². The highest BCUT2D eigenvalue weighted by atomic mass is 19.1. The van der Waals surface area contributed by atoms with Crippen LogP contribution in [-0.4, -0.2) is 21.9 Å². The molecule has 0 bridgehead atoms. The Morgan fingerprint density at radius 2 is 1.70 bits per heavy atom. The van der Waals surface area contributed by atoms with Crippen LogP contribution in [0.25, 0.3) is 0 Å². The zero-order valence-corrected chi connectivity index (χ0v) is 12.8. The van der Waals surface area contributed by atoms with Gasteiger partial charge in [0.1, 0.15) is 5.82 Å². The van der Waals surface area contributed by atoms with E-state index in [1.54, 1.807) is 0 Å². The van der Waals surface area contributed by atoms with Crippen molar-refractivity contribution in [3.63, 3.8) is 0 Å². The molecule has 6 heteroatoms. The number of aromatic nitrogens is 2. The summed E-state index contributed by atoms with van der Waals surface area (Å²) in [5.74, 6) is -0.111. The number of hydrogen-bond donors (Lipinski definition) is 2. The molecule has 1 heterocycles. The van der Waals surface area contributed by atoms with E-state index in [1.165, 1.54) is 55.9 Å². The smallest absolute Gasteiger partial charge is 0.258 e. The molecule has 1 aliphatic rings. The molecule has 5 nitrogen and oxygen atoms in total. The summed E-state index contributed by atoms with van der Waals surface area (Å²) in [6.07, 6.45) is 9.02. The number of rotatable bonds is 4. The molecule has 120 valence electrons. The summed E-state index contributed by atoms with van der Waals surface area (Å²) in [5, 5.41) is 5.99. The molecule has 2 aromatic rings. The Bertz CT molecular complexity index is 651. The van der Waals surface area contributed by atoms with E-state index in [9.17, 15) is 9.18 Å². The Hall–Kier alpha value is -2.50. The van der Waals surface area contributed by atoms with Crippen molar-refractivity contribution in [2.24, 2.45) is 0 Å². The van der Waals surface area contributed by atoms with Gasteiger partial charge in [0, 0.05) is 24.1 Å². The van der Waals surface area contributed by atoms with Crippen LogP contribution in [0.5, 0.6) is 0 Å². The van der Waals surface area contributed by atoms with Gasteiger partial charge in [-0.15, -0.1) is 0 Å². The Labute approximate surface area is 134 Å².